The van der Waals surface area contributed by atoms with E-state index in [0.717, 1.165) is 12.8 Å². The van der Waals surface area contributed by atoms with Crippen LogP contribution >= 0.6 is 0 Å². The fourth-order valence-electron chi connectivity index (χ4n) is 1.07. The molecule has 0 saturated carbocycles. The Bertz CT molecular complexity index is 262. The largest absolute Gasteiger partial charge is 0.463 e. The number of carbonyl (C=O) groups excluding carboxylic acids is 3. The summed E-state index contributed by atoms with van der Waals surface area (Å²) in [5, 5.41) is 0. The average molecular weight is 244 g/mol. The van der Waals surface area contributed by atoms with Crippen molar-refractivity contribution in [3.05, 3.63) is 0 Å². The molecule has 5 nitrogen and oxygen atoms in total. The maximum absolute atomic E-state index is 11.6. The summed E-state index contributed by atoms with van der Waals surface area (Å²) in [6.45, 7) is 5.38. The van der Waals surface area contributed by atoms with E-state index < -0.39 is 24.0 Å². The van der Waals surface area contributed by atoms with E-state index in [0.29, 0.717) is 6.29 Å². The topological polar surface area (TPSA) is 69.7 Å². The van der Waals surface area contributed by atoms with Crippen molar-refractivity contribution >= 4 is 18.2 Å². The summed E-state index contributed by atoms with van der Waals surface area (Å²) >= 11 is 0. The lowest BCUT2D eigenvalue weighted by Gasteiger charge is -2.18. The molecule has 0 bridgehead atoms. The molecular weight excluding hydrogens is 224 g/mol. The molecule has 0 aromatic rings. The Labute approximate surface area is 101 Å². The van der Waals surface area contributed by atoms with E-state index in [1.807, 2.05) is 6.92 Å². The highest BCUT2D eigenvalue weighted by Crippen LogP contribution is 2.09. The molecule has 0 aliphatic rings. The second kappa shape index (κ2) is 8.73. The number of ether oxygens (including phenoxy) is 2. The summed E-state index contributed by atoms with van der Waals surface area (Å²) in [7, 11) is 0. The lowest BCUT2D eigenvalue weighted by atomic mass is 10.1. The summed E-state index contributed by atoms with van der Waals surface area (Å²) in [6.07, 6.45) is 1.25. The van der Waals surface area contributed by atoms with Crippen LogP contribution in [0.15, 0.2) is 0 Å². The number of esters is 2. The SMILES string of the molecule is CCCCOC(=O)C(OC(=O)CC)C(C)C=O. The first-order valence-corrected chi connectivity index (χ1v) is 5.88. The predicted molar refractivity (Wildman–Crippen MR) is 61.3 cm³/mol. The molecule has 0 spiro atoms. The number of rotatable bonds is 8. The predicted octanol–water partition coefficient (Wildman–Crippen LogP) is 1.49. The number of hydrogen-bond donors (Lipinski definition) is 0. The molecule has 2 unspecified atom stereocenters. The highest BCUT2D eigenvalue weighted by Gasteiger charge is 2.29. The van der Waals surface area contributed by atoms with Gasteiger partial charge in [-0.15, -0.1) is 0 Å². The van der Waals surface area contributed by atoms with Gasteiger partial charge >= 0.3 is 11.9 Å². The van der Waals surface area contributed by atoms with Gasteiger partial charge in [0.05, 0.1) is 12.5 Å². The van der Waals surface area contributed by atoms with Crippen LogP contribution in [0.5, 0.6) is 0 Å². The fourth-order valence-corrected chi connectivity index (χ4v) is 1.07. The quantitative estimate of drug-likeness (QED) is 0.367. The maximum Gasteiger partial charge on any atom is 0.348 e. The zero-order chi connectivity index (χ0) is 13.3. The standard InChI is InChI=1S/C12H20O5/c1-4-6-7-16-12(15)11(9(3)8-13)17-10(14)5-2/h8-9,11H,4-7H2,1-3H3. The molecule has 0 aliphatic carbocycles. The number of hydrogen-bond acceptors (Lipinski definition) is 5. The molecule has 0 amide bonds. The normalized spacial score (nSPS) is 13.6. The maximum atomic E-state index is 11.6. The second-order valence-electron chi connectivity index (χ2n) is 3.78. The lowest BCUT2D eigenvalue weighted by Crippen LogP contribution is -2.35. The van der Waals surface area contributed by atoms with Crippen LogP contribution in [0, 0.1) is 5.92 Å². The second-order valence-corrected chi connectivity index (χ2v) is 3.78. The molecular formula is C12H20O5. The van der Waals surface area contributed by atoms with Crippen LogP contribution in [0.1, 0.15) is 40.0 Å². The van der Waals surface area contributed by atoms with Gasteiger partial charge in [0.15, 0.2) is 0 Å². The summed E-state index contributed by atoms with van der Waals surface area (Å²) in [6, 6.07) is 0. The minimum atomic E-state index is -1.13. The van der Waals surface area contributed by atoms with Crippen LogP contribution in [-0.2, 0) is 23.9 Å². The molecule has 0 aliphatic heterocycles. The lowest BCUT2D eigenvalue weighted by molar-refractivity contribution is -0.171. The first-order valence-electron chi connectivity index (χ1n) is 5.88. The molecule has 0 saturated heterocycles. The Morgan fingerprint density at radius 2 is 1.94 bits per heavy atom. The van der Waals surface area contributed by atoms with E-state index in [-0.39, 0.29) is 13.0 Å². The van der Waals surface area contributed by atoms with Crippen LogP contribution in [0.4, 0.5) is 0 Å². The number of aldehydes is 1. The summed E-state index contributed by atoms with van der Waals surface area (Å²) in [4.78, 5) is 33.4. The number of carbonyl (C=O) groups is 3. The monoisotopic (exact) mass is 244 g/mol. The fraction of sp³-hybridized carbons (Fsp3) is 0.750. The van der Waals surface area contributed by atoms with Gasteiger partial charge in [0.1, 0.15) is 6.29 Å². The van der Waals surface area contributed by atoms with Gasteiger partial charge in [0.2, 0.25) is 6.10 Å². The van der Waals surface area contributed by atoms with Crippen molar-refractivity contribution in [2.24, 2.45) is 5.92 Å². The van der Waals surface area contributed by atoms with Crippen molar-refractivity contribution in [2.75, 3.05) is 6.61 Å². The van der Waals surface area contributed by atoms with Gasteiger partial charge in [-0.2, -0.15) is 0 Å². The third-order valence-corrected chi connectivity index (χ3v) is 2.21. The van der Waals surface area contributed by atoms with Crippen molar-refractivity contribution < 1.29 is 23.9 Å². The van der Waals surface area contributed by atoms with E-state index >= 15 is 0 Å². The van der Waals surface area contributed by atoms with Gasteiger partial charge < -0.3 is 14.3 Å². The molecule has 0 heterocycles. The van der Waals surface area contributed by atoms with E-state index in [2.05, 4.69) is 0 Å². The van der Waals surface area contributed by atoms with E-state index in [9.17, 15) is 14.4 Å². The van der Waals surface area contributed by atoms with Crippen LogP contribution in [0.3, 0.4) is 0 Å². The Morgan fingerprint density at radius 3 is 2.41 bits per heavy atom. The van der Waals surface area contributed by atoms with Crippen molar-refractivity contribution in [3.63, 3.8) is 0 Å². The molecule has 0 aromatic carbocycles. The average Bonchev–Trinajstić information content (AvgIpc) is 2.34. The number of unbranched alkanes of at least 4 members (excludes halogenated alkanes) is 1. The summed E-state index contributed by atoms with van der Waals surface area (Å²) in [5.41, 5.74) is 0. The molecule has 2 atom stereocenters. The Kier molecular flexibility index (Phi) is 8.01. The minimum absolute atomic E-state index is 0.157. The van der Waals surface area contributed by atoms with Crippen LogP contribution in [0.25, 0.3) is 0 Å². The van der Waals surface area contributed by atoms with Gasteiger partial charge in [-0.1, -0.05) is 27.2 Å². The van der Waals surface area contributed by atoms with Crippen molar-refractivity contribution in [1.82, 2.24) is 0 Å². The van der Waals surface area contributed by atoms with Gasteiger partial charge in [-0.3, -0.25) is 4.79 Å². The van der Waals surface area contributed by atoms with Gasteiger partial charge in [0, 0.05) is 6.42 Å². The van der Waals surface area contributed by atoms with Crippen molar-refractivity contribution in [3.8, 4) is 0 Å². The molecule has 0 fully saturated rings. The molecule has 0 aromatic heterocycles. The molecule has 98 valence electrons. The van der Waals surface area contributed by atoms with Crippen molar-refractivity contribution in [1.29, 1.82) is 0 Å². The zero-order valence-corrected chi connectivity index (χ0v) is 10.6. The van der Waals surface area contributed by atoms with Crippen LogP contribution in [0.2, 0.25) is 0 Å². The van der Waals surface area contributed by atoms with Gasteiger partial charge in [0.25, 0.3) is 0 Å². The Balaban J connectivity index is 4.40. The Hall–Kier alpha value is -1.39. The van der Waals surface area contributed by atoms with Crippen molar-refractivity contribution in [2.45, 2.75) is 46.1 Å². The third kappa shape index (κ3) is 6.04. The van der Waals surface area contributed by atoms with Crippen LogP contribution < -0.4 is 0 Å². The Morgan fingerprint density at radius 1 is 1.29 bits per heavy atom. The van der Waals surface area contributed by atoms with Crippen LogP contribution in [-0.4, -0.2) is 30.9 Å². The first-order chi connectivity index (χ1) is 8.06. The molecule has 5 heteroatoms. The summed E-state index contributed by atoms with van der Waals surface area (Å²) in [5.74, 6) is -1.87. The molecule has 0 radical (unpaired) electrons. The first kappa shape index (κ1) is 15.6. The van der Waals surface area contributed by atoms with Gasteiger partial charge in [-0.05, 0) is 6.42 Å². The third-order valence-electron chi connectivity index (χ3n) is 2.21. The van der Waals surface area contributed by atoms with E-state index in [1.54, 1.807) is 6.92 Å². The highest BCUT2D eigenvalue weighted by molar-refractivity contribution is 5.82. The summed E-state index contributed by atoms with van der Waals surface area (Å²) < 4.78 is 9.84. The molecule has 0 rings (SSSR count). The van der Waals surface area contributed by atoms with E-state index in [4.69, 9.17) is 9.47 Å². The molecule has 17 heavy (non-hydrogen) atoms. The smallest absolute Gasteiger partial charge is 0.348 e. The van der Waals surface area contributed by atoms with E-state index in [1.165, 1.54) is 6.92 Å². The van der Waals surface area contributed by atoms with Gasteiger partial charge in [-0.25, -0.2) is 4.79 Å². The molecule has 0 N–H and O–H groups in total. The highest BCUT2D eigenvalue weighted by atomic mass is 16.6. The minimum Gasteiger partial charge on any atom is -0.463 e. The zero-order valence-electron chi connectivity index (χ0n) is 10.6.